The van der Waals surface area contributed by atoms with Crippen LogP contribution in [0.2, 0.25) is 0 Å². The molecule has 0 aromatic heterocycles. The van der Waals surface area contributed by atoms with Gasteiger partial charge in [0.15, 0.2) is 0 Å². The van der Waals surface area contributed by atoms with E-state index in [1.807, 2.05) is 6.07 Å². The Morgan fingerprint density at radius 3 is 1.64 bits per heavy atom. The first-order valence-electron chi connectivity index (χ1n) is 23.2. The minimum absolute atomic E-state index is 0.151. The quantitative estimate of drug-likeness (QED) is 0.118. The summed E-state index contributed by atoms with van der Waals surface area (Å²) in [4.78, 5) is 7.25. The average Bonchev–Trinajstić information content (AvgIpc) is 3.52. The van der Waals surface area contributed by atoms with E-state index < -0.39 is 0 Å². The van der Waals surface area contributed by atoms with Crippen molar-refractivity contribution in [1.82, 2.24) is 0 Å². The molecule has 3 aliphatic rings. The molecule has 2 heterocycles. The first-order valence-corrected chi connectivity index (χ1v) is 23.2. The van der Waals surface area contributed by atoms with Crippen LogP contribution in [-0.4, -0.2) is 13.4 Å². The van der Waals surface area contributed by atoms with Gasteiger partial charge in [-0.1, -0.05) is 143 Å². The molecule has 6 heteroatoms. The van der Waals surface area contributed by atoms with Gasteiger partial charge in [-0.05, 0) is 152 Å². The Morgan fingerprint density at radius 2 is 1.04 bits per heavy atom. The molecule has 11 rings (SSSR count). The van der Waals surface area contributed by atoms with Crippen molar-refractivity contribution in [2.75, 3.05) is 14.7 Å². The van der Waals surface area contributed by atoms with E-state index in [1.165, 1.54) is 49.7 Å². The highest BCUT2D eigenvalue weighted by atomic mass is 15.2. The molecule has 2 aliphatic heterocycles. The maximum Gasteiger partial charge on any atom is 0.257 e. The normalized spacial score (nSPS) is 13.6. The molecule has 0 amide bonds. The Bertz CT molecular complexity index is 3350. The number of fused-ring (bicyclic) bond motifs is 4. The fourth-order valence-corrected chi connectivity index (χ4v) is 11.0. The third kappa shape index (κ3) is 7.23. The van der Waals surface area contributed by atoms with Crippen molar-refractivity contribution in [3.05, 3.63) is 227 Å². The van der Waals surface area contributed by atoms with Gasteiger partial charge >= 0.3 is 0 Å². The molecule has 1 aliphatic carbocycles. The van der Waals surface area contributed by atoms with E-state index in [1.54, 1.807) is 0 Å². The highest BCUT2D eigenvalue weighted by Gasteiger charge is 2.43. The van der Waals surface area contributed by atoms with Crippen molar-refractivity contribution in [3.63, 3.8) is 0 Å². The summed E-state index contributed by atoms with van der Waals surface area (Å²) < 4.78 is 0. The topological polar surface area (TPSA) is 33.5 Å². The summed E-state index contributed by atoms with van der Waals surface area (Å²) in [5, 5.41) is 10.4. The van der Waals surface area contributed by atoms with E-state index in [0.29, 0.717) is 5.56 Å². The minimum atomic E-state index is -0.182. The summed E-state index contributed by atoms with van der Waals surface area (Å²) in [5.74, 6) is 7.36. The van der Waals surface area contributed by atoms with Crippen LogP contribution in [0.25, 0.3) is 0 Å². The van der Waals surface area contributed by atoms with Crippen LogP contribution in [0.1, 0.15) is 42.5 Å². The van der Waals surface area contributed by atoms with Crippen LogP contribution in [-0.2, 0) is 0 Å². The summed E-state index contributed by atoms with van der Waals surface area (Å²) in [6.45, 7) is 10.8. The number of hydrogen-bond acceptors (Lipinski definition) is 4. The molecule has 0 unspecified atom stereocenters. The minimum Gasteiger partial charge on any atom is -0.311 e. The SMILES string of the molecule is CC1=CC(C)=C(B2c3ccc(N(c4ccccc4)c4ccccc4)cc3N(c3ccccc3)c3cc4c(cc32)B(c2c(C)cc(C)cc2C)c2cc(C#N)ccc2N4c2ccccc2)C#CC1. The first kappa shape index (κ1) is 41.5. The van der Waals surface area contributed by atoms with Crippen molar-refractivity contribution in [2.45, 2.75) is 41.0 Å². The number of nitriles is 1. The first-order chi connectivity index (χ1) is 32.8. The molecule has 0 fully saturated rings. The molecule has 0 bridgehead atoms. The Hall–Kier alpha value is -8.18. The highest BCUT2D eigenvalue weighted by Crippen LogP contribution is 2.45. The van der Waals surface area contributed by atoms with Gasteiger partial charge in [0.05, 0.1) is 11.6 Å². The van der Waals surface area contributed by atoms with Crippen LogP contribution in [0.15, 0.2) is 205 Å². The lowest BCUT2D eigenvalue weighted by Crippen LogP contribution is -2.61. The smallest absolute Gasteiger partial charge is 0.257 e. The lowest BCUT2D eigenvalue weighted by molar-refractivity contribution is 1.24. The van der Waals surface area contributed by atoms with Crippen LogP contribution in [0.4, 0.5) is 51.2 Å². The van der Waals surface area contributed by atoms with Crippen molar-refractivity contribution >= 4 is 91.9 Å². The van der Waals surface area contributed by atoms with Crippen LogP contribution >= 0.6 is 0 Å². The number of hydrogen-bond donors (Lipinski definition) is 0. The summed E-state index contributed by atoms with van der Waals surface area (Å²) in [5.41, 5.74) is 23.7. The van der Waals surface area contributed by atoms with Crippen LogP contribution in [0.5, 0.6) is 0 Å². The molecular formula is C61H48B2N4. The van der Waals surface area contributed by atoms with Crippen molar-refractivity contribution in [1.29, 1.82) is 5.26 Å². The Kier molecular flexibility index (Phi) is 10.5. The van der Waals surface area contributed by atoms with Crippen molar-refractivity contribution in [3.8, 4) is 17.9 Å². The third-order valence-corrected chi connectivity index (χ3v) is 13.7. The van der Waals surface area contributed by atoms with Crippen molar-refractivity contribution in [2.24, 2.45) is 0 Å². The molecule has 0 atom stereocenters. The zero-order chi connectivity index (χ0) is 45.8. The molecule has 4 nitrogen and oxygen atoms in total. The zero-order valence-electron chi connectivity index (χ0n) is 38.5. The molecule has 0 N–H and O–H groups in total. The van der Waals surface area contributed by atoms with Gasteiger partial charge in [-0.25, -0.2) is 0 Å². The van der Waals surface area contributed by atoms with E-state index in [0.717, 1.165) is 68.5 Å². The van der Waals surface area contributed by atoms with Gasteiger partial charge in [-0.3, -0.25) is 0 Å². The number of benzene rings is 8. The number of allylic oxidation sites excluding steroid dienone is 4. The van der Waals surface area contributed by atoms with Crippen LogP contribution in [0, 0.1) is 43.9 Å². The number of para-hydroxylation sites is 4. The monoisotopic (exact) mass is 858 g/mol. The lowest BCUT2D eigenvalue weighted by Gasteiger charge is -2.42. The maximum atomic E-state index is 10.4. The number of nitrogens with zero attached hydrogens (tertiary/aromatic N) is 4. The van der Waals surface area contributed by atoms with Gasteiger partial charge in [0.1, 0.15) is 0 Å². The van der Waals surface area contributed by atoms with E-state index >= 15 is 0 Å². The molecule has 318 valence electrons. The highest BCUT2D eigenvalue weighted by molar-refractivity contribution is 7.00. The largest absolute Gasteiger partial charge is 0.311 e. The third-order valence-electron chi connectivity index (χ3n) is 13.7. The van der Waals surface area contributed by atoms with Crippen LogP contribution < -0.4 is 42.0 Å². The standard InChI is InChI=1S/C61H48B2N4/c1-41-19-18-28-52(43(3)33-41)62-53-31-30-51(65(47-20-10-6-11-21-47)48-22-12-7-13-23-48)37-58(53)67(50-26-16-9-17-27-50)59-39-60-56(38-55(59)62)63(61-44(4)34-42(2)35-45(61)5)54-36-46(40-64)29-32-57(54)66(60)49-24-14-8-15-25-49/h6-17,20-27,29-39H,19H2,1-5H3. The van der Waals surface area contributed by atoms with Crippen LogP contribution in [0.3, 0.4) is 0 Å². The van der Waals surface area contributed by atoms with Gasteiger partial charge < -0.3 is 14.7 Å². The van der Waals surface area contributed by atoms with Gasteiger partial charge in [0.25, 0.3) is 6.71 Å². The van der Waals surface area contributed by atoms with Gasteiger partial charge in [0, 0.05) is 57.6 Å². The molecule has 67 heavy (non-hydrogen) atoms. The van der Waals surface area contributed by atoms with Gasteiger partial charge in [0.2, 0.25) is 6.71 Å². The average molecular weight is 859 g/mol. The van der Waals surface area contributed by atoms with E-state index in [4.69, 9.17) is 0 Å². The summed E-state index contributed by atoms with van der Waals surface area (Å²) in [6.07, 6.45) is 3.05. The summed E-state index contributed by atoms with van der Waals surface area (Å²) >= 11 is 0. The fraction of sp³-hybridized carbons (Fsp3) is 0.0984. The van der Waals surface area contributed by atoms with E-state index in [-0.39, 0.29) is 13.4 Å². The summed E-state index contributed by atoms with van der Waals surface area (Å²) in [7, 11) is 0. The van der Waals surface area contributed by atoms with Gasteiger partial charge in [-0.2, -0.15) is 5.26 Å². The Balaban J connectivity index is 1.26. The molecule has 0 spiro atoms. The molecule has 0 saturated carbocycles. The molecule has 8 aromatic rings. The zero-order valence-corrected chi connectivity index (χ0v) is 38.5. The second-order valence-electron chi connectivity index (χ2n) is 18.2. The predicted molar refractivity (Wildman–Crippen MR) is 284 cm³/mol. The predicted octanol–water partition coefficient (Wildman–Crippen LogP) is 11.9. The number of anilines is 9. The lowest BCUT2D eigenvalue weighted by atomic mass is 9.30. The molecule has 0 radical (unpaired) electrons. The number of aryl methyl sites for hydroxylation is 3. The fourth-order valence-electron chi connectivity index (χ4n) is 11.0. The molecule has 0 saturated heterocycles. The second-order valence-corrected chi connectivity index (χ2v) is 18.2. The van der Waals surface area contributed by atoms with E-state index in [2.05, 4.69) is 249 Å². The summed E-state index contributed by atoms with van der Waals surface area (Å²) in [6, 6.07) is 68.2. The molecular weight excluding hydrogens is 810 g/mol. The molecule has 8 aromatic carbocycles. The maximum absolute atomic E-state index is 10.4. The van der Waals surface area contributed by atoms with Crippen molar-refractivity contribution < 1.29 is 0 Å². The number of rotatable bonds is 7. The van der Waals surface area contributed by atoms with Gasteiger partial charge in [-0.15, -0.1) is 0 Å². The van der Waals surface area contributed by atoms with E-state index in [9.17, 15) is 5.26 Å². The Morgan fingerprint density at radius 1 is 0.507 bits per heavy atom. The Labute approximate surface area is 395 Å². The second kappa shape index (κ2) is 17.0.